The summed E-state index contributed by atoms with van der Waals surface area (Å²) in [6, 6.07) is 13.3. The number of rotatable bonds is 5. The number of fused-ring (bicyclic) bond motifs is 1. The van der Waals surface area contributed by atoms with Gasteiger partial charge in [0.05, 0.1) is 26.9 Å². The van der Waals surface area contributed by atoms with Crippen LogP contribution in [0.1, 0.15) is 13.8 Å². The Bertz CT molecular complexity index is 1130. The van der Waals surface area contributed by atoms with Gasteiger partial charge in [-0.3, -0.25) is 19.5 Å². The van der Waals surface area contributed by atoms with Crippen LogP contribution in [-0.4, -0.2) is 33.3 Å². The van der Waals surface area contributed by atoms with Crippen LogP contribution in [0.25, 0.3) is 16.6 Å². The van der Waals surface area contributed by atoms with Gasteiger partial charge in [-0.15, -0.1) is 0 Å². The van der Waals surface area contributed by atoms with Gasteiger partial charge in [-0.05, 0) is 38.1 Å². The fraction of sp³-hybridized carbons (Fsp3) is 0.200. The first-order valence-corrected chi connectivity index (χ1v) is 10.2. The van der Waals surface area contributed by atoms with Crippen molar-refractivity contribution in [3.8, 4) is 5.69 Å². The molecule has 0 aliphatic heterocycles. The van der Waals surface area contributed by atoms with Crippen molar-refractivity contribution < 1.29 is 9.59 Å². The number of hydrogen-bond acceptors (Lipinski definition) is 5. The summed E-state index contributed by atoms with van der Waals surface area (Å²) >= 11 is 7.40. The van der Waals surface area contributed by atoms with Gasteiger partial charge in [-0.25, -0.2) is 9.78 Å². The number of carbonyl (C=O) groups is 2. The number of aromatic nitrogens is 2. The average molecular weight is 431 g/mol. The maximum absolute atomic E-state index is 13.2. The molecule has 0 spiro atoms. The highest BCUT2D eigenvalue weighted by molar-refractivity contribution is 8.00. The standard InChI is InChI=1S/C20H19ClN4O3S/c1-3-22-19(28)24-17(26)12(2)29-20-23-15-10-6-4-8-13(15)18(27)25(20)16-11-7-5-9-14(16)21/h4-12H,3H2,1-2H3,(H2,22,24,26,28)/t12-/m1/s1. The Morgan fingerprint density at radius 1 is 1.17 bits per heavy atom. The number of nitrogens with one attached hydrogen (secondary N) is 2. The topological polar surface area (TPSA) is 93.1 Å². The van der Waals surface area contributed by atoms with E-state index in [9.17, 15) is 14.4 Å². The quantitative estimate of drug-likeness (QED) is 0.478. The Labute approximate surface area is 176 Å². The molecule has 1 heterocycles. The normalized spacial score (nSPS) is 11.8. The molecule has 0 unspecified atom stereocenters. The molecule has 2 N–H and O–H groups in total. The molecule has 0 bridgehead atoms. The monoisotopic (exact) mass is 430 g/mol. The molecule has 3 rings (SSSR count). The second-order valence-electron chi connectivity index (χ2n) is 6.11. The summed E-state index contributed by atoms with van der Waals surface area (Å²) in [5.41, 5.74) is 0.693. The van der Waals surface area contributed by atoms with E-state index in [1.807, 2.05) is 0 Å². The fourth-order valence-electron chi connectivity index (χ4n) is 2.67. The van der Waals surface area contributed by atoms with Crippen LogP contribution in [0, 0.1) is 0 Å². The molecule has 7 nitrogen and oxygen atoms in total. The third-order valence-electron chi connectivity index (χ3n) is 4.06. The van der Waals surface area contributed by atoms with Crippen LogP contribution in [0.5, 0.6) is 0 Å². The van der Waals surface area contributed by atoms with Crippen LogP contribution in [0.4, 0.5) is 4.79 Å². The molecular weight excluding hydrogens is 412 g/mol. The zero-order chi connectivity index (χ0) is 21.0. The summed E-state index contributed by atoms with van der Waals surface area (Å²) in [6.07, 6.45) is 0. The van der Waals surface area contributed by atoms with Crippen molar-refractivity contribution in [2.75, 3.05) is 6.54 Å². The van der Waals surface area contributed by atoms with E-state index in [0.29, 0.717) is 33.3 Å². The average Bonchev–Trinajstić information content (AvgIpc) is 2.69. The number of hydrogen-bond donors (Lipinski definition) is 2. The van der Waals surface area contributed by atoms with Gasteiger partial charge in [-0.1, -0.05) is 47.6 Å². The van der Waals surface area contributed by atoms with E-state index >= 15 is 0 Å². The van der Waals surface area contributed by atoms with E-state index in [0.717, 1.165) is 11.8 Å². The minimum Gasteiger partial charge on any atom is -0.338 e. The molecule has 0 radical (unpaired) electrons. The molecule has 9 heteroatoms. The van der Waals surface area contributed by atoms with Crippen LogP contribution in [0.15, 0.2) is 58.5 Å². The SMILES string of the molecule is CCNC(=O)NC(=O)[C@@H](C)Sc1nc2ccccc2c(=O)n1-c1ccccc1Cl. The van der Waals surface area contributed by atoms with Crippen molar-refractivity contribution in [3.05, 3.63) is 63.9 Å². The molecule has 150 valence electrons. The van der Waals surface area contributed by atoms with E-state index in [1.165, 1.54) is 4.57 Å². The number of imide groups is 1. The smallest absolute Gasteiger partial charge is 0.321 e. The van der Waals surface area contributed by atoms with Crippen LogP contribution >= 0.6 is 23.4 Å². The minimum absolute atomic E-state index is 0.289. The molecule has 0 aliphatic rings. The zero-order valence-electron chi connectivity index (χ0n) is 15.8. The molecule has 1 aromatic heterocycles. The Morgan fingerprint density at radius 2 is 1.86 bits per heavy atom. The molecule has 2 aromatic carbocycles. The highest BCUT2D eigenvalue weighted by Crippen LogP contribution is 2.28. The first kappa shape index (κ1) is 20.9. The molecule has 0 aliphatic carbocycles. The summed E-state index contributed by atoms with van der Waals surface area (Å²) < 4.78 is 1.39. The van der Waals surface area contributed by atoms with Gasteiger partial charge in [0.2, 0.25) is 5.91 Å². The zero-order valence-corrected chi connectivity index (χ0v) is 17.4. The van der Waals surface area contributed by atoms with E-state index in [1.54, 1.807) is 62.4 Å². The summed E-state index contributed by atoms with van der Waals surface area (Å²) in [4.78, 5) is 41.8. The van der Waals surface area contributed by atoms with Crippen molar-refractivity contribution in [1.82, 2.24) is 20.2 Å². The van der Waals surface area contributed by atoms with Crippen LogP contribution in [-0.2, 0) is 4.79 Å². The predicted octanol–water partition coefficient (Wildman–Crippen LogP) is 3.37. The number of halogens is 1. The number of thioether (sulfide) groups is 1. The summed E-state index contributed by atoms with van der Waals surface area (Å²) in [7, 11) is 0. The number of benzene rings is 2. The lowest BCUT2D eigenvalue weighted by molar-refractivity contribution is -0.119. The van der Waals surface area contributed by atoms with Gasteiger partial charge in [0, 0.05) is 6.54 Å². The molecule has 0 saturated carbocycles. The Hall–Kier alpha value is -2.84. The third-order valence-corrected chi connectivity index (χ3v) is 5.44. The van der Waals surface area contributed by atoms with E-state index in [2.05, 4.69) is 15.6 Å². The maximum atomic E-state index is 13.2. The van der Waals surface area contributed by atoms with Gasteiger partial charge in [0.15, 0.2) is 5.16 Å². The van der Waals surface area contributed by atoms with Gasteiger partial charge in [0.1, 0.15) is 0 Å². The summed E-state index contributed by atoms with van der Waals surface area (Å²) in [6.45, 7) is 3.79. The highest BCUT2D eigenvalue weighted by atomic mass is 35.5. The van der Waals surface area contributed by atoms with Crippen LogP contribution in [0.3, 0.4) is 0 Å². The van der Waals surface area contributed by atoms with E-state index < -0.39 is 17.2 Å². The largest absolute Gasteiger partial charge is 0.338 e. The van der Waals surface area contributed by atoms with Crippen LogP contribution in [0.2, 0.25) is 5.02 Å². The number of carbonyl (C=O) groups excluding carboxylic acids is 2. The lowest BCUT2D eigenvalue weighted by atomic mass is 10.2. The van der Waals surface area contributed by atoms with Gasteiger partial charge >= 0.3 is 6.03 Å². The molecule has 0 saturated heterocycles. The predicted molar refractivity (Wildman–Crippen MR) is 115 cm³/mol. The third kappa shape index (κ3) is 4.60. The second-order valence-corrected chi connectivity index (χ2v) is 7.83. The van der Waals surface area contributed by atoms with Crippen molar-refractivity contribution in [1.29, 1.82) is 0 Å². The maximum Gasteiger partial charge on any atom is 0.321 e. The van der Waals surface area contributed by atoms with Crippen molar-refractivity contribution in [3.63, 3.8) is 0 Å². The van der Waals surface area contributed by atoms with E-state index in [-0.39, 0.29) is 5.56 Å². The molecule has 1 atom stereocenters. The van der Waals surface area contributed by atoms with E-state index in [4.69, 9.17) is 11.6 Å². The molecule has 3 aromatic rings. The van der Waals surface area contributed by atoms with Crippen LogP contribution < -0.4 is 16.2 Å². The van der Waals surface area contributed by atoms with Crippen molar-refractivity contribution in [2.24, 2.45) is 0 Å². The van der Waals surface area contributed by atoms with Crippen molar-refractivity contribution >= 4 is 46.2 Å². The van der Waals surface area contributed by atoms with Gasteiger partial charge < -0.3 is 5.32 Å². The van der Waals surface area contributed by atoms with Crippen molar-refractivity contribution in [2.45, 2.75) is 24.3 Å². The highest BCUT2D eigenvalue weighted by Gasteiger charge is 2.22. The molecule has 3 amide bonds. The summed E-state index contributed by atoms with van der Waals surface area (Å²) in [5.74, 6) is -0.492. The number of amides is 3. The molecular formula is C20H19ClN4O3S. The lowest BCUT2D eigenvalue weighted by Gasteiger charge is -2.17. The Balaban J connectivity index is 2.06. The summed E-state index contributed by atoms with van der Waals surface area (Å²) in [5, 5.41) is 5.23. The van der Waals surface area contributed by atoms with Gasteiger partial charge in [-0.2, -0.15) is 0 Å². The van der Waals surface area contributed by atoms with Gasteiger partial charge in [0.25, 0.3) is 5.56 Å². The number of para-hydroxylation sites is 2. The second kappa shape index (κ2) is 9.11. The Morgan fingerprint density at radius 3 is 2.59 bits per heavy atom. The fourth-order valence-corrected chi connectivity index (χ4v) is 3.81. The number of nitrogens with zero attached hydrogens (tertiary/aromatic N) is 2. The minimum atomic E-state index is -0.681. The first-order valence-electron chi connectivity index (χ1n) is 8.94. The first-order chi connectivity index (χ1) is 13.9. The lowest BCUT2D eigenvalue weighted by Crippen LogP contribution is -2.42. The molecule has 0 fully saturated rings. The Kier molecular flexibility index (Phi) is 6.56. The molecule has 29 heavy (non-hydrogen) atoms. The number of urea groups is 1.